The Morgan fingerprint density at radius 1 is 0.807 bits per heavy atom. The van der Waals surface area contributed by atoms with Crippen LogP contribution in [-0.2, 0) is 19.6 Å². The number of azo groups is 1. The third-order valence-electron chi connectivity index (χ3n) is 9.12. The molecule has 0 fully saturated rings. The molecule has 1 aromatic heterocycles. The van der Waals surface area contributed by atoms with Crippen molar-refractivity contribution >= 4 is 61.8 Å². The minimum Gasteiger partial charge on any atom is -0.341 e. The van der Waals surface area contributed by atoms with Crippen LogP contribution in [0.3, 0.4) is 0 Å². The number of benzene rings is 4. The van der Waals surface area contributed by atoms with Crippen molar-refractivity contribution in [3.63, 3.8) is 0 Å². The number of unbranched alkanes of at least 4 members (excludes halogenated alkanes) is 5. The summed E-state index contributed by atoms with van der Waals surface area (Å²) in [7, 11) is -3.44. The summed E-state index contributed by atoms with van der Waals surface area (Å²) in [6.07, 6.45) is 7.74. The van der Waals surface area contributed by atoms with E-state index in [0.29, 0.717) is 40.7 Å². The fourth-order valence-electron chi connectivity index (χ4n) is 6.68. The maximum Gasteiger partial charge on any atom is 0.229 e. The number of amides is 2. The summed E-state index contributed by atoms with van der Waals surface area (Å²) in [5.41, 5.74) is 7.10. The topological polar surface area (TPSA) is 174 Å². The summed E-state index contributed by atoms with van der Waals surface area (Å²) in [5, 5.41) is 30.5. The average molecular weight is 788 g/mol. The molecule has 13 nitrogen and oxygen atoms in total. The first kappa shape index (κ1) is 41.8. The molecule has 0 radical (unpaired) electrons. The summed E-state index contributed by atoms with van der Waals surface area (Å²) in [5.74, 6) is -0.304. The number of aromatic nitrogens is 2. The maximum absolute atomic E-state index is 12.6. The predicted molar refractivity (Wildman–Crippen MR) is 228 cm³/mol. The first-order valence-corrected chi connectivity index (χ1v) is 20.8. The first-order chi connectivity index (χ1) is 27.3. The van der Waals surface area contributed by atoms with Crippen molar-refractivity contribution < 1.29 is 18.0 Å². The number of hydrogen-bond donors (Lipinski definition) is 3. The number of nitrogens with one attached hydrogen (secondary N) is 3. The van der Waals surface area contributed by atoms with Crippen LogP contribution in [0.15, 0.2) is 95.2 Å². The van der Waals surface area contributed by atoms with Crippen LogP contribution >= 0.6 is 0 Å². The highest BCUT2D eigenvalue weighted by atomic mass is 32.2. The third-order valence-corrected chi connectivity index (χ3v) is 9.72. The second-order valence-electron chi connectivity index (χ2n) is 14.0. The van der Waals surface area contributed by atoms with Gasteiger partial charge in [-0.3, -0.25) is 14.3 Å². The molecule has 0 aliphatic rings. The van der Waals surface area contributed by atoms with Gasteiger partial charge in [0.05, 0.1) is 17.6 Å². The van der Waals surface area contributed by atoms with Crippen molar-refractivity contribution in [3.05, 3.63) is 102 Å². The molecular formula is C43H49N9O4S. The Balaban J connectivity index is 1.59. The van der Waals surface area contributed by atoms with Crippen molar-refractivity contribution in [2.75, 3.05) is 33.1 Å². The average Bonchev–Trinajstić information content (AvgIpc) is 3.51. The van der Waals surface area contributed by atoms with E-state index < -0.39 is 10.0 Å². The Morgan fingerprint density at radius 3 is 2.05 bits per heavy atom. The van der Waals surface area contributed by atoms with Gasteiger partial charge in [-0.15, -0.1) is 10.2 Å². The zero-order valence-corrected chi connectivity index (χ0v) is 34.1. The first-order valence-electron chi connectivity index (χ1n) is 18.9. The van der Waals surface area contributed by atoms with Gasteiger partial charge in [0, 0.05) is 48.7 Å². The van der Waals surface area contributed by atoms with E-state index in [1.165, 1.54) is 26.7 Å². The van der Waals surface area contributed by atoms with Crippen molar-refractivity contribution in [1.82, 2.24) is 9.78 Å². The lowest BCUT2D eigenvalue weighted by Crippen LogP contribution is -2.19. The van der Waals surface area contributed by atoms with E-state index in [1.54, 1.807) is 22.9 Å². The number of aryl methyl sites for hydroxylation is 2. The van der Waals surface area contributed by atoms with Crippen LogP contribution in [-0.4, -0.2) is 42.8 Å². The van der Waals surface area contributed by atoms with E-state index in [1.807, 2.05) is 80.6 Å². The Labute approximate surface area is 334 Å². The molecule has 0 unspecified atom stereocenters. The van der Waals surface area contributed by atoms with Gasteiger partial charge in [0.1, 0.15) is 23.0 Å². The SMILES string of the molecule is CCCCCCCCN(c1ccc(NS(C)(=O)=O)cc1)c1ccc(N=Nc2c(C#N)c(-c3ccccc3)nn2-c2c(C)cc(NC(C)=O)cc2C)c(NC(C)=O)c1. The highest BCUT2D eigenvalue weighted by Crippen LogP contribution is 2.39. The molecule has 1 heterocycles. The summed E-state index contributed by atoms with van der Waals surface area (Å²) in [4.78, 5) is 26.5. The smallest absolute Gasteiger partial charge is 0.229 e. The van der Waals surface area contributed by atoms with E-state index in [2.05, 4.69) is 43.5 Å². The van der Waals surface area contributed by atoms with Gasteiger partial charge >= 0.3 is 0 Å². The normalized spacial score (nSPS) is 11.3. The van der Waals surface area contributed by atoms with Crippen LogP contribution in [0.25, 0.3) is 16.9 Å². The lowest BCUT2D eigenvalue weighted by molar-refractivity contribution is -0.115. The van der Waals surface area contributed by atoms with Gasteiger partial charge in [-0.1, -0.05) is 69.4 Å². The van der Waals surface area contributed by atoms with Gasteiger partial charge in [-0.05, 0) is 86.0 Å². The van der Waals surface area contributed by atoms with Gasteiger partial charge in [0.2, 0.25) is 21.8 Å². The standard InChI is InChI=1S/C43H49N9O4S/c1-7-8-9-10-11-15-24-51(36-20-18-34(19-21-36)50-57(6,55)56)37-22-23-39(40(27-37)46-32(5)54)47-48-43-38(28-44)41(33-16-13-12-14-17-33)49-52(43)42-29(2)25-35(26-30(42)3)45-31(4)53/h12-14,16-23,25-27,50H,7-11,15,24H2,1-6H3,(H,45,53)(H,46,54). The molecule has 0 spiro atoms. The monoisotopic (exact) mass is 787 g/mol. The molecule has 0 aliphatic heterocycles. The van der Waals surface area contributed by atoms with Gasteiger partial charge in [0.15, 0.2) is 5.82 Å². The zero-order valence-electron chi connectivity index (χ0n) is 33.3. The lowest BCUT2D eigenvalue weighted by atomic mass is 10.1. The van der Waals surface area contributed by atoms with Gasteiger partial charge in [-0.25, -0.2) is 13.1 Å². The van der Waals surface area contributed by atoms with Crippen molar-refractivity contribution in [2.45, 2.75) is 73.1 Å². The summed E-state index contributed by atoms with van der Waals surface area (Å²) in [6, 6.07) is 28.0. The van der Waals surface area contributed by atoms with Crippen LogP contribution in [0.5, 0.6) is 0 Å². The van der Waals surface area contributed by atoms with Crippen LogP contribution in [0.2, 0.25) is 0 Å². The molecule has 0 atom stereocenters. The summed E-state index contributed by atoms with van der Waals surface area (Å²) < 4.78 is 27.8. The second-order valence-corrected chi connectivity index (χ2v) is 15.7. The van der Waals surface area contributed by atoms with E-state index in [0.717, 1.165) is 60.0 Å². The maximum atomic E-state index is 12.6. The fourth-order valence-corrected chi connectivity index (χ4v) is 7.24. The summed E-state index contributed by atoms with van der Waals surface area (Å²) in [6.45, 7) is 9.52. The Bertz CT molecular complexity index is 2380. The molecular weight excluding hydrogens is 739 g/mol. The van der Waals surface area contributed by atoms with Crippen LogP contribution in [0.1, 0.15) is 76.0 Å². The Hall–Kier alpha value is -6.33. The lowest BCUT2D eigenvalue weighted by Gasteiger charge is -2.26. The molecule has 14 heteroatoms. The van der Waals surface area contributed by atoms with Gasteiger partial charge in [-0.2, -0.15) is 10.4 Å². The molecule has 4 aromatic carbocycles. The number of carbonyl (C=O) groups is 2. The van der Waals surface area contributed by atoms with Crippen molar-refractivity contribution in [1.29, 1.82) is 5.26 Å². The minimum absolute atomic E-state index is 0.195. The molecule has 296 valence electrons. The molecule has 3 N–H and O–H groups in total. The molecule has 5 rings (SSSR count). The van der Waals surface area contributed by atoms with Gasteiger partial charge < -0.3 is 15.5 Å². The quantitative estimate of drug-likeness (QED) is 0.0621. The summed E-state index contributed by atoms with van der Waals surface area (Å²) >= 11 is 0. The molecule has 0 saturated heterocycles. The Morgan fingerprint density at radius 2 is 1.44 bits per heavy atom. The van der Waals surface area contributed by atoms with E-state index >= 15 is 0 Å². The second kappa shape index (κ2) is 19.0. The zero-order chi connectivity index (χ0) is 41.1. The predicted octanol–water partition coefficient (Wildman–Crippen LogP) is 10.2. The molecule has 57 heavy (non-hydrogen) atoms. The minimum atomic E-state index is -3.44. The number of nitriles is 1. The van der Waals surface area contributed by atoms with E-state index in [9.17, 15) is 23.3 Å². The molecule has 2 amide bonds. The molecule has 0 saturated carbocycles. The molecule has 0 aliphatic carbocycles. The van der Waals surface area contributed by atoms with Crippen LogP contribution < -0.4 is 20.3 Å². The highest BCUT2D eigenvalue weighted by Gasteiger charge is 2.23. The Kier molecular flexibility index (Phi) is 13.9. The molecule has 5 aromatic rings. The highest BCUT2D eigenvalue weighted by molar-refractivity contribution is 7.92. The van der Waals surface area contributed by atoms with Gasteiger partial charge in [0.25, 0.3) is 0 Å². The number of nitrogens with zero attached hydrogens (tertiary/aromatic N) is 6. The van der Waals surface area contributed by atoms with E-state index in [-0.39, 0.29) is 23.2 Å². The largest absolute Gasteiger partial charge is 0.341 e. The van der Waals surface area contributed by atoms with Crippen molar-refractivity contribution in [3.8, 4) is 23.0 Å². The van der Waals surface area contributed by atoms with E-state index in [4.69, 9.17) is 5.10 Å². The number of sulfonamides is 1. The number of anilines is 5. The number of rotatable bonds is 17. The number of hydrogen-bond acceptors (Lipinski definition) is 9. The fraction of sp³-hybridized carbons (Fsp3) is 0.302. The van der Waals surface area contributed by atoms with Crippen LogP contribution in [0, 0.1) is 25.2 Å². The third kappa shape index (κ3) is 11.1. The number of carbonyl (C=O) groups excluding carboxylic acids is 2. The van der Waals surface area contributed by atoms with Crippen molar-refractivity contribution in [2.24, 2.45) is 10.2 Å². The van der Waals surface area contributed by atoms with Crippen LogP contribution in [0.4, 0.5) is 39.9 Å². The molecule has 0 bridgehead atoms.